The third-order valence-corrected chi connectivity index (χ3v) is 5.43. The third-order valence-electron chi connectivity index (χ3n) is 5.43. The Labute approximate surface area is 166 Å². The van der Waals surface area contributed by atoms with E-state index >= 15 is 0 Å². The number of nitrogens with zero attached hydrogens (tertiary/aromatic N) is 1. The van der Waals surface area contributed by atoms with Gasteiger partial charge in [0, 0.05) is 36.3 Å². The van der Waals surface area contributed by atoms with Gasteiger partial charge in [-0.2, -0.15) is 0 Å². The summed E-state index contributed by atoms with van der Waals surface area (Å²) in [5, 5.41) is 14.4. The first-order valence-corrected chi connectivity index (χ1v) is 9.61. The Morgan fingerprint density at radius 2 is 1.46 bits per heavy atom. The number of nitrogens with one attached hydrogen (secondary N) is 1. The van der Waals surface area contributed by atoms with E-state index in [1.54, 1.807) is 0 Å². The van der Waals surface area contributed by atoms with Gasteiger partial charge in [-0.1, -0.05) is 41.5 Å². The Morgan fingerprint density at radius 3 is 1.85 bits per heavy atom. The summed E-state index contributed by atoms with van der Waals surface area (Å²) in [5.41, 5.74) is 9.21. The van der Waals surface area contributed by atoms with Gasteiger partial charge in [0.1, 0.15) is 12.3 Å². The minimum absolute atomic E-state index is 0. The van der Waals surface area contributed by atoms with E-state index in [2.05, 4.69) is 59.0 Å². The van der Waals surface area contributed by atoms with Crippen molar-refractivity contribution >= 4 is 12.4 Å². The molecule has 0 spiro atoms. The minimum Gasteiger partial charge on any atom is -0.507 e. The summed E-state index contributed by atoms with van der Waals surface area (Å²) in [6.45, 7) is 20.1. The number of quaternary nitrogens is 1. The molecule has 0 bridgehead atoms. The SMILES string of the molecule is CC(C)(C)c1cc(C[N+]2(CCN)CCNCC2)cc(C(C)(C)C)c1O.Cl. The number of halogens is 1. The number of piperazine rings is 1. The van der Waals surface area contributed by atoms with Crippen molar-refractivity contribution in [2.75, 3.05) is 39.3 Å². The highest BCUT2D eigenvalue weighted by molar-refractivity contribution is 5.85. The Kier molecular flexibility index (Phi) is 7.57. The van der Waals surface area contributed by atoms with Crippen molar-refractivity contribution in [2.45, 2.75) is 58.9 Å². The molecule has 4 nitrogen and oxygen atoms in total. The summed E-state index contributed by atoms with van der Waals surface area (Å²) < 4.78 is 1.04. The van der Waals surface area contributed by atoms with Crippen LogP contribution in [0.3, 0.4) is 0 Å². The van der Waals surface area contributed by atoms with Gasteiger partial charge in [0.2, 0.25) is 0 Å². The second-order valence-electron chi connectivity index (χ2n) is 9.75. The summed E-state index contributed by atoms with van der Waals surface area (Å²) >= 11 is 0. The van der Waals surface area contributed by atoms with E-state index in [0.29, 0.717) is 5.75 Å². The second-order valence-corrected chi connectivity index (χ2v) is 9.75. The first kappa shape index (κ1) is 23.2. The van der Waals surface area contributed by atoms with Crippen LogP contribution in [0.1, 0.15) is 58.2 Å². The molecule has 1 aliphatic heterocycles. The summed E-state index contributed by atoms with van der Waals surface area (Å²) in [6, 6.07) is 4.45. The molecule has 150 valence electrons. The normalized spacial score (nSPS) is 17.7. The molecule has 1 aromatic rings. The smallest absolute Gasteiger partial charge is 0.123 e. The topological polar surface area (TPSA) is 58.3 Å². The van der Waals surface area contributed by atoms with Gasteiger partial charge >= 0.3 is 0 Å². The largest absolute Gasteiger partial charge is 0.507 e. The molecule has 5 heteroatoms. The van der Waals surface area contributed by atoms with E-state index in [-0.39, 0.29) is 23.2 Å². The fourth-order valence-corrected chi connectivity index (χ4v) is 3.92. The van der Waals surface area contributed by atoms with Crippen molar-refractivity contribution in [3.8, 4) is 5.75 Å². The zero-order valence-electron chi connectivity index (χ0n) is 17.5. The maximum atomic E-state index is 10.9. The van der Waals surface area contributed by atoms with Gasteiger partial charge in [-0.25, -0.2) is 0 Å². The highest BCUT2D eigenvalue weighted by Gasteiger charge is 2.32. The number of aromatic hydroxyl groups is 1. The molecule has 1 heterocycles. The van der Waals surface area contributed by atoms with Crippen LogP contribution in [0.15, 0.2) is 12.1 Å². The van der Waals surface area contributed by atoms with Crippen LogP contribution < -0.4 is 11.1 Å². The first-order chi connectivity index (χ1) is 11.5. The quantitative estimate of drug-likeness (QED) is 0.698. The Hall–Kier alpha value is -0.810. The van der Waals surface area contributed by atoms with Crippen LogP contribution in [0.2, 0.25) is 0 Å². The first-order valence-electron chi connectivity index (χ1n) is 9.61. The van der Waals surface area contributed by atoms with Gasteiger partial charge in [-0.15, -0.1) is 12.4 Å². The van der Waals surface area contributed by atoms with Crippen molar-refractivity contribution in [1.29, 1.82) is 0 Å². The molecule has 4 N–H and O–H groups in total. The minimum atomic E-state index is -0.0811. The molecule has 0 saturated carbocycles. The van der Waals surface area contributed by atoms with E-state index < -0.39 is 0 Å². The lowest BCUT2D eigenvalue weighted by atomic mass is 9.78. The van der Waals surface area contributed by atoms with Crippen LogP contribution >= 0.6 is 12.4 Å². The number of hydrogen-bond acceptors (Lipinski definition) is 3. The number of hydrogen-bond donors (Lipinski definition) is 3. The van der Waals surface area contributed by atoms with Gasteiger partial charge in [0.05, 0.1) is 19.6 Å². The van der Waals surface area contributed by atoms with Crippen molar-refractivity contribution in [3.05, 3.63) is 28.8 Å². The fourth-order valence-electron chi connectivity index (χ4n) is 3.92. The molecule has 1 aromatic carbocycles. The van der Waals surface area contributed by atoms with Crippen molar-refractivity contribution in [2.24, 2.45) is 5.73 Å². The van der Waals surface area contributed by atoms with Crippen molar-refractivity contribution in [3.63, 3.8) is 0 Å². The lowest BCUT2D eigenvalue weighted by molar-refractivity contribution is -0.941. The van der Waals surface area contributed by atoms with E-state index in [1.165, 1.54) is 5.56 Å². The van der Waals surface area contributed by atoms with E-state index in [9.17, 15) is 5.11 Å². The lowest BCUT2D eigenvalue weighted by Gasteiger charge is -2.42. The van der Waals surface area contributed by atoms with Gasteiger partial charge in [0.25, 0.3) is 0 Å². The standard InChI is InChI=1S/C21H37N3O.ClH/c1-20(2,3)17-13-16(14-18(19(17)25)21(4,5)6)15-24(10-7-22)11-8-23-9-12-24;/h13-14,23H,7-12,15,22H2,1-6H3;1H/p+1. The average molecular weight is 385 g/mol. The molecule has 0 aliphatic carbocycles. The van der Waals surface area contributed by atoms with Crippen LogP contribution in [0, 0.1) is 0 Å². The Bertz CT molecular complexity index is 556. The number of benzene rings is 1. The molecule has 26 heavy (non-hydrogen) atoms. The number of nitrogens with two attached hydrogens (primary N) is 1. The van der Waals surface area contributed by atoms with Gasteiger partial charge in [0.15, 0.2) is 0 Å². The molecule has 0 aromatic heterocycles. The maximum absolute atomic E-state index is 10.9. The lowest BCUT2D eigenvalue weighted by Crippen LogP contribution is -2.59. The molecule has 1 aliphatic rings. The van der Waals surface area contributed by atoms with Crippen LogP contribution in [0.5, 0.6) is 5.75 Å². The Balaban J connectivity index is 0.00000338. The maximum Gasteiger partial charge on any atom is 0.123 e. The highest BCUT2D eigenvalue weighted by Crippen LogP contribution is 2.40. The van der Waals surface area contributed by atoms with Gasteiger partial charge in [-0.05, 0) is 23.0 Å². The Morgan fingerprint density at radius 1 is 1.00 bits per heavy atom. The van der Waals surface area contributed by atoms with Gasteiger partial charge < -0.3 is 20.6 Å². The zero-order valence-corrected chi connectivity index (χ0v) is 18.3. The monoisotopic (exact) mass is 384 g/mol. The second kappa shape index (κ2) is 8.47. The zero-order chi connectivity index (χ0) is 18.9. The molecule has 0 unspecified atom stereocenters. The molecular formula is C21H39ClN3O+. The molecule has 1 saturated heterocycles. The average Bonchev–Trinajstić information content (AvgIpc) is 2.48. The van der Waals surface area contributed by atoms with Crippen LogP contribution in [0.25, 0.3) is 0 Å². The molecular weight excluding hydrogens is 346 g/mol. The highest BCUT2D eigenvalue weighted by atomic mass is 35.5. The molecule has 0 amide bonds. The molecule has 0 atom stereocenters. The van der Waals surface area contributed by atoms with Crippen molar-refractivity contribution < 1.29 is 9.59 Å². The summed E-state index contributed by atoms with van der Waals surface area (Å²) in [6.07, 6.45) is 0. The van der Waals surface area contributed by atoms with Crippen LogP contribution in [-0.2, 0) is 17.4 Å². The predicted molar refractivity (Wildman–Crippen MR) is 113 cm³/mol. The number of phenolic OH excluding ortho intramolecular Hbond substituents is 1. The van der Waals surface area contributed by atoms with E-state index in [0.717, 1.165) is 61.4 Å². The fraction of sp³-hybridized carbons (Fsp3) is 0.714. The molecule has 2 rings (SSSR count). The number of phenols is 1. The summed E-state index contributed by atoms with van der Waals surface area (Å²) in [7, 11) is 0. The third kappa shape index (κ3) is 5.35. The van der Waals surface area contributed by atoms with Crippen LogP contribution in [0.4, 0.5) is 0 Å². The summed E-state index contributed by atoms with van der Waals surface area (Å²) in [4.78, 5) is 0. The van der Waals surface area contributed by atoms with Crippen molar-refractivity contribution in [1.82, 2.24) is 5.32 Å². The van der Waals surface area contributed by atoms with E-state index in [1.807, 2.05) is 0 Å². The van der Waals surface area contributed by atoms with E-state index in [4.69, 9.17) is 5.73 Å². The summed E-state index contributed by atoms with van der Waals surface area (Å²) in [5.74, 6) is 0.467. The molecule has 1 fully saturated rings. The van der Waals surface area contributed by atoms with Gasteiger partial charge in [-0.3, -0.25) is 0 Å². The number of rotatable bonds is 4. The van der Waals surface area contributed by atoms with Crippen LogP contribution in [-0.4, -0.2) is 48.9 Å². The predicted octanol–water partition coefficient (Wildman–Crippen LogP) is 3.29. The molecule has 0 radical (unpaired) electrons.